The summed E-state index contributed by atoms with van der Waals surface area (Å²) in [7, 11) is 2.92. The number of primary amides is 1. The maximum Gasteiger partial charge on any atom is 0.250 e. The number of hydrogen-bond acceptors (Lipinski definition) is 4. The molecule has 3 aromatic carbocycles. The SMILES string of the molecule is COc1cc(NC(=O)C=Cc2cccc(-c3ccccc3)c2)c(C(N)=O)cc1OC. The number of nitrogens with one attached hydrogen (secondary N) is 1. The molecule has 0 radical (unpaired) electrons. The maximum absolute atomic E-state index is 12.4. The third-order valence-electron chi connectivity index (χ3n) is 4.47. The molecule has 0 fully saturated rings. The largest absolute Gasteiger partial charge is 0.493 e. The van der Waals surface area contributed by atoms with E-state index in [2.05, 4.69) is 5.32 Å². The van der Waals surface area contributed by atoms with Crippen molar-refractivity contribution in [3.8, 4) is 22.6 Å². The standard InChI is InChI=1S/C24H22N2O4/c1-29-21-14-19(24(25)28)20(15-22(21)30-2)26-23(27)12-11-16-7-6-10-18(13-16)17-8-4-3-5-9-17/h3-15H,1-2H3,(H2,25,28)(H,26,27). The van der Waals surface area contributed by atoms with Crippen LogP contribution in [0.25, 0.3) is 17.2 Å². The molecule has 0 atom stereocenters. The Bertz CT molecular complexity index is 1090. The molecule has 0 saturated carbocycles. The summed E-state index contributed by atoms with van der Waals surface area (Å²) in [5.41, 5.74) is 8.82. The molecule has 6 nitrogen and oxygen atoms in total. The van der Waals surface area contributed by atoms with Crippen LogP contribution in [0.5, 0.6) is 11.5 Å². The lowest BCUT2D eigenvalue weighted by molar-refractivity contribution is -0.111. The van der Waals surface area contributed by atoms with Crippen LogP contribution in [-0.2, 0) is 4.79 Å². The van der Waals surface area contributed by atoms with E-state index in [0.29, 0.717) is 11.5 Å². The fourth-order valence-electron chi connectivity index (χ4n) is 2.99. The summed E-state index contributed by atoms with van der Waals surface area (Å²) in [5.74, 6) is -0.379. The first-order valence-corrected chi connectivity index (χ1v) is 9.22. The molecule has 0 aliphatic heterocycles. The molecule has 3 aromatic rings. The summed E-state index contributed by atoms with van der Waals surface area (Å²) >= 11 is 0. The van der Waals surface area contributed by atoms with Crippen molar-refractivity contribution in [3.63, 3.8) is 0 Å². The molecule has 0 aromatic heterocycles. The van der Waals surface area contributed by atoms with E-state index in [4.69, 9.17) is 15.2 Å². The topological polar surface area (TPSA) is 90.6 Å². The molecule has 2 amide bonds. The number of methoxy groups -OCH3 is 2. The molecule has 3 N–H and O–H groups in total. The predicted molar refractivity (Wildman–Crippen MR) is 118 cm³/mol. The second-order valence-corrected chi connectivity index (χ2v) is 6.43. The third-order valence-corrected chi connectivity index (χ3v) is 4.47. The van der Waals surface area contributed by atoms with Crippen LogP contribution in [0.1, 0.15) is 15.9 Å². The van der Waals surface area contributed by atoms with Gasteiger partial charge in [0.2, 0.25) is 5.91 Å². The summed E-state index contributed by atoms with van der Waals surface area (Å²) in [4.78, 5) is 24.2. The van der Waals surface area contributed by atoms with Gasteiger partial charge < -0.3 is 20.5 Å². The fraction of sp³-hybridized carbons (Fsp3) is 0.0833. The number of hydrogen-bond donors (Lipinski definition) is 2. The molecule has 0 unspecified atom stereocenters. The molecule has 0 aliphatic rings. The second-order valence-electron chi connectivity index (χ2n) is 6.43. The molecule has 0 heterocycles. The summed E-state index contributed by atoms with van der Waals surface area (Å²) in [6.45, 7) is 0. The van der Waals surface area contributed by atoms with Crippen LogP contribution in [0.4, 0.5) is 5.69 Å². The number of ether oxygens (including phenoxy) is 2. The first kappa shape index (κ1) is 20.7. The van der Waals surface area contributed by atoms with Crippen LogP contribution in [-0.4, -0.2) is 26.0 Å². The monoisotopic (exact) mass is 402 g/mol. The van der Waals surface area contributed by atoms with Crippen molar-refractivity contribution in [2.24, 2.45) is 5.73 Å². The number of carbonyl (C=O) groups excluding carboxylic acids is 2. The molecule has 0 aliphatic carbocycles. The smallest absolute Gasteiger partial charge is 0.250 e. The molecular formula is C24H22N2O4. The third kappa shape index (κ3) is 4.86. The van der Waals surface area contributed by atoms with E-state index in [1.54, 1.807) is 6.08 Å². The van der Waals surface area contributed by atoms with E-state index in [1.165, 1.54) is 32.4 Å². The number of rotatable bonds is 7. The van der Waals surface area contributed by atoms with E-state index in [0.717, 1.165) is 16.7 Å². The van der Waals surface area contributed by atoms with Crippen molar-refractivity contribution in [3.05, 3.63) is 83.9 Å². The second kappa shape index (κ2) is 9.43. The first-order valence-electron chi connectivity index (χ1n) is 9.22. The Balaban J connectivity index is 1.81. The molecule has 0 bridgehead atoms. The zero-order valence-corrected chi connectivity index (χ0v) is 16.7. The summed E-state index contributed by atoms with van der Waals surface area (Å²) in [6, 6.07) is 20.7. The molecule has 0 saturated heterocycles. The molecule has 3 rings (SSSR count). The van der Waals surface area contributed by atoms with Gasteiger partial charge >= 0.3 is 0 Å². The van der Waals surface area contributed by atoms with E-state index in [1.807, 2.05) is 54.6 Å². The highest BCUT2D eigenvalue weighted by atomic mass is 16.5. The van der Waals surface area contributed by atoms with Crippen molar-refractivity contribution >= 4 is 23.6 Å². The van der Waals surface area contributed by atoms with E-state index in [9.17, 15) is 9.59 Å². The Morgan fingerprint density at radius 2 is 1.53 bits per heavy atom. The number of nitrogens with two attached hydrogens (primary N) is 1. The molecule has 30 heavy (non-hydrogen) atoms. The van der Waals surface area contributed by atoms with Gasteiger partial charge in [0, 0.05) is 12.1 Å². The summed E-state index contributed by atoms with van der Waals surface area (Å²) in [5, 5.41) is 2.67. The highest BCUT2D eigenvalue weighted by molar-refractivity contribution is 6.07. The Labute approximate surface area is 174 Å². The van der Waals surface area contributed by atoms with Gasteiger partial charge in [-0.05, 0) is 34.9 Å². The van der Waals surface area contributed by atoms with Gasteiger partial charge in [-0.1, -0.05) is 48.5 Å². The number of carbonyl (C=O) groups is 2. The number of anilines is 1. The predicted octanol–water partition coefficient (Wildman–Crippen LogP) is 4.12. The Hall–Kier alpha value is -4.06. The lowest BCUT2D eigenvalue weighted by Crippen LogP contribution is -2.17. The van der Waals surface area contributed by atoms with Gasteiger partial charge in [-0.25, -0.2) is 0 Å². The highest BCUT2D eigenvalue weighted by Crippen LogP contribution is 2.33. The van der Waals surface area contributed by atoms with Crippen LogP contribution in [0, 0.1) is 0 Å². The van der Waals surface area contributed by atoms with Gasteiger partial charge in [-0.2, -0.15) is 0 Å². The first-order chi connectivity index (χ1) is 14.5. The minimum atomic E-state index is -0.689. The van der Waals surface area contributed by atoms with E-state index in [-0.39, 0.29) is 11.3 Å². The quantitative estimate of drug-likeness (QED) is 0.582. The number of amides is 2. The van der Waals surface area contributed by atoms with Crippen molar-refractivity contribution in [1.29, 1.82) is 0 Å². The minimum Gasteiger partial charge on any atom is -0.493 e. The fourth-order valence-corrected chi connectivity index (χ4v) is 2.99. The zero-order chi connectivity index (χ0) is 21.5. The van der Waals surface area contributed by atoms with Crippen molar-refractivity contribution in [2.75, 3.05) is 19.5 Å². The van der Waals surface area contributed by atoms with Crippen LogP contribution in [0.3, 0.4) is 0 Å². The van der Waals surface area contributed by atoms with Crippen molar-refractivity contribution in [1.82, 2.24) is 0 Å². The summed E-state index contributed by atoms with van der Waals surface area (Å²) < 4.78 is 10.4. The van der Waals surface area contributed by atoms with E-state index < -0.39 is 11.8 Å². The van der Waals surface area contributed by atoms with Crippen LogP contribution in [0.15, 0.2) is 72.8 Å². The lowest BCUT2D eigenvalue weighted by atomic mass is 10.0. The van der Waals surface area contributed by atoms with Crippen molar-refractivity contribution < 1.29 is 19.1 Å². The van der Waals surface area contributed by atoms with Gasteiger partial charge in [0.15, 0.2) is 11.5 Å². The van der Waals surface area contributed by atoms with Gasteiger partial charge in [0.05, 0.1) is 25.5 Å². The van der Waals surface area contributed by atoms with Crippen LogP contribution in [0.2, 0.25) is 0 Å². The normalized spacial score (nSPS) is 10.6. The van der Waals surface area contributed by atoms with Gasteiger partial charge in [-0.3, -0.25) is 9.59 Å². The van der Waals surface area contributed by atoms with Crippen LogP contribution >= 0.6 is 0 Å². The number of benzene rings is 3. The average Bonchev–Trinajstić information content (AvgIpc) is 2.78. The summed E-state index contributed by atoms with van der Waals surface area (Å²) in [6.07, 6.45) is 3.10. The lowest BCUT2D eigenvalue weighted by Gasteiger charge is -2.13. The molecular weight excluding hydrogens is 380 g/mol. The highest BCUT2D eigenvalue weighted by Gasteiger charge is 2.16. The zero-order valence-electron chi connectivity index (χ0n) is 16.7. The van der Waals surface area contributed by atoms with Gasteiger partial charge in [0.1, 0.15) is 0 Å². The Kier molecular flexibility index (Phi) is 6.49. The molecule has 0 spiro atoms. The minimum absolute atomic E-state index is 0.125. The molecule has 152 valence electrons. The van der Waals surface area contributed by atoms with Crippen LogP contribution < -0.4 is 20.5 Å². The van der Waals surface area contributed by atoms with Crippen molar-refractivity contribution in [2.45, 2.75) is 0 Å². The Morgan fingerprint density at radius 3 is 2.20 bits per heavy atom. The molecule has 6 heteroatoms. The maximum atomic E-state index is 12.4. The van der Waals surface area contributed by atoms with Gasteiger partial charge in [0.25, 0.3) is 5.91 Å². The Morgan fingerprint density at radius 1 is 0.867 bits per heavy atom. The average molecular weight is 402 g/mol. The van der Waals surface area contributed by atoms with E-state index >= 15 is 0 Å². The van der Waals surface area contributed by atoms with Gasteiger partial charge in [-0.15, -0.1) is 0 Å².